The molecule has 2 saturated heterocycles. The molecule has 1 spiro atoms. The molecule has 4 aliphatic heterocycles. The lowest BCUT2D eigenvalue weighted by Crippen LogP contribution is -2.53. The van der Waals surface area contributed by atoms with Gasteiger partial charge in [0.2, 0.25) is 11.8 Å². The maximum absolute atomic E-state index is 14.6. The van der Waals surface area contributed by atoms with E-state index in [1.807, 2.05) is 49.1 Å². The number of amides is 3. The number of rotatable bonds is 7. The van der Waals surface area contributed by atoms with E-state index in [9.17, 15) is 14.4 Å². The van der Waals surface area contributed by atoms with Gasteiger partial charge in [0.15, 0.2) is 0 Å². The minimum absolute atomic E-state index is 0.0275. The summed E-state index contributed by atoms with van der Waals surface area (Å²) < 4.78 is -1.39. The summed E-state index contributed by atoms with van der Waals surface area (Å²) in [7, 11) is 1.79. The van der Waals surface area contributed by atoms with Crippen LogP contribution < -0.4 is 4.90 Å². The summed E-state index contributed by atoms with van der Waals surface area (Å²) in [6, 6.07) is 5.44. The highest BCUT2D eigenvalue weighted by Gasteiger charge is 2.73. The molecule has 0 saturated carbocycles. The number of fused-ring (bicyclic) bond motifs is 2. The first-order chi connectivity index (χ1) is 18.1. The topological polar surface area (TPSA) is 81.2 Å². The predicted molar refractivity (Wildman–Crippen MR) is 151 cm³/mol. The van der Waals surface area contributed by atoms with Gasteiger partial charge in [0.05, 0.1) is 16.6 Å². The Kier molecular flexibility index (Phi) is 7.24. The van der Waals surface area contributed by atoms with E-state index in [0.717, 1.165) is 42.5 Å². The highest BCUT2D eigenvalue weighted by Crippen LogP contribution is 2.65. The van der Waals surface area contributed by atoms with Crippen LogP contribution in [0.3, 0.4) is 0 Å². The van der Waals surface area contributed by atoms with Gasteiger partial charge in [-0.05, 0) is 50.8 Å². The van der Waals surface area contributed by atoms with Gasteiger partial charge in [0.25, 0.3) is 5.91 Å². The fourth-order valence-corrected chi connectivity index (χ4v) is 9.01. The first-order valence-corrected chi connectivity index (χ1v) is 14.6. The van der Waals surface area contributed by atoms with Gasteiger partial charge in [-0.1, -0.05) is 49.3 Å². The average Bonchev–Trinajstić information content (AvgIpc) is 3.15. The molecule has 7 nitrogen and oxygen atoms in total. The minimum atomic E-state index is -0.816. The number of aliphatic hydroxyl groups is 1. The van der Waals surface area contributed by atoms with Gasteiger partial charge in [0, 0.05) is 43.7 Å². The van der Waals surface area contributed by atoms with E-state index >= 15 is 0 Å². The monoisotopic (exact) mass is 537 g/mol. The van der Waals surface area contributed by atoms with Crippen molar-refractivity contribution in [1.29, 1.82) is 0 Å². The number of hydrogen-bond donors (Lipinski definition) is 1. The molecule has 5 rings (SSSR count). The van der Waals surface area contributed by atoms with Crippen LogP contribution in [0.5, 0.6) is 0 Å². The summed E-state index contributed by atoms with van der Waals surface area (Å²) >= 11 is 1.63. The van der Waals surface area contributed by atoms with Crippen LogP contribution in [0.1, 0.15) is 43.7 Å². The Bertz CT molecular complexity index is 1200. The fraction of sp³-hybridized carbons (Fsp3) is 0.567. The maximum atomic E-state index is 14.6. The SMILES string of the molecule is Cc1ccc(C)c(N2CC=C[C@]34S[C@@]5(C)C=CCN(C)C(=O)[C@H]5[C@H]3C(=O)N(CCCCCCO)C4C2=O)c1. The van der Waals surface area contributed by atoms with Crippen LogP contribution in [-0.4, -0.2) is 81.5 Å². The number of thioether (sulfide) groups is 1. The third kappa shape index (κ3) is 4.20. The molecule has 1 aromatic rings. The van der Waals surface area contributed by atoms with Gasteiger partial charge < -0.3 is 19.8 Å². The second-order valence-corrected chi connectivity index (χ2v) is 13.2. The van der Waals surface area contributed by atoms with Crippen LogP contribution in [0.4, 0.5) is 5.69 Å². The second-order valence-electron chi connectivity index (χ2n) is 11.4. The van der Waals surface area contributed by atoms with Crippen LogP contribution in [0.2, 0.25) is 0 Å². The van der Waals surface area contributed by atoms with Crippen molar-refractivity contribution in [3.8, 4) is 0 Å². The smallest absolute Gasteiger partial charge is 0.251 e. The summed E-state index contributed by atoms with van der Waals surface area (Å²) in [6.07, 6.45) is 11.5. The number of aryl methyl sites for hydroxylation is 2. The Morgan fingerprint density at radius 3 is 2.45 bits per heavy atom. The molecule has 0 radical (unpaired) electrons. The van der Waals surface area contributed by atoms with Gasteiger partial charge in [-0.25, -0.2) is 0 Å². The van der Waals surface area contributed by atoms with E-state index in [1.165, 1.54) is 0 Å². The third-order valence-electron chi connectivity index (χ3n) is 8.72. The molecule has 0 aromatic heterocycles. The van der Waals surface area contributed by atoms with Crippen LogP contribution >= 0.6 is 11.8 Å². The lowest BCUT2D eigenvalue weighted by molar-refractivity contribution is -0.143. The van der Waals surface area contributed by atoms with Crippen molar-refractivity contribution >= 4 is 35.2 Å². The number of benzene rings is 1. The lowest BCUT2D eigenvalue weighted by atomic mass is 9.74. The zero-order valence-electron chi connectivity index (χ0n) is 22.9. The van der Waals surface area contributed by atoms with Gasteiger partial charge >= 0.3 is 0 Å². The third-order valence-corrected chi connectivity index (χ3v) is 10.5. The largest absolute Gasteiger partial charge is 0.396 e. The molecule has 1 unspecified atom stereocenters. The Morgan fingerprint density at radius 2 is 1.68 bits per heavy atom. The van der Waals surface area contributed by atoms with Crippen molar-refractivity contribution in [2.45, 2.75) is 62.0 Å². The van der Waals surface area contributed by atoms with Crippen molar-refractivity contribution in [2.24, 2.45) is 11.8 Å². The Morgan fingerprint density at radius 1 is 0.947 bits per heavy atom. The Balaban J connectivity index is 1.59. The Labute approximate surface area is 229 Å². The highest BCUT2D eigenvalue weighted by molar-refractivity contribution is 8.02. The molecule has 204 valence electrons. The van der Waals surface area contributed by atoms with Gasteiger partial charge in [-0.2, -0.15) is 0 Å². The number of nitrogens with zero attached hydrogens (tertiary/aromatic N) is 3. The first-order valence-electron chi connectivity index (χ1n) is 13.7. The number of anilines is 1. The van der Waals surface area contributed by atoms with Gasteiger partial charge in [0.1, 0.15) is 6.04 Å². The molecule has 3 amide bonds. The van der Waals surface area contributed by atoms with E-state index in [-0.39, 0.29) is 24.3 Å². The van der Waals surface area contributed by atoms with E-state index in [2.05, 4.69) is 19.1 Å². The highest BCUT2D eigenvalue weighted by atomic mass is 32.2. The van der Waals surface area contributed by atoms with Crippen molar-refractivity contribution in [3.05, 3.63) is 53.6 Å². The van der Waals surface area contributed by atoms with Crippen molar-refractivity contribution in [3.63, 3.8) is 0 Å². The molecule has 4 aliphatic rings. The molecule has 5 atom stereocenters. The van der Waals surface area contributed by atoms with Gasteiger partial charge in [-0.15, -0.1) is 11.8 Å². The zero-order chi connectivity index (χ0) is 27.2. The number of aliphatic hydroxyl groups excluding tert-OH is 1. The average molecular weight is 538 g/mol. The fourth-order valence-electron chi connectivity index (χ4n) is 6.86. The lowest BCUT2D eigenvalue weighted by Gasteiger charge is -2.37. The van der Waals surface area contributed by atoms with E-state index in [4.69, 9.17) is 5.11 Å². The molecule has 0 aliphatic carbocycles. The van der Waals surface area contributed by atoms with Crippen molar-refractivity contribution in [1.82, 2.24) is 9.80 Å². The quantitative estimate of drug-likeness (QED) is 0.426. The number of likely N-dealkylation sites (N-methyl/N-ethyl adjacent to an activating group) is 1. The number of likely N-dealkylation sites (tertiary alicyclic amines) is 1. The van der Waals surface area contributed by atoms with Crippen LogP contribution in [0, 0.1) is 25.7 Å². The molecular weight excluding hydrogens is 498 g/mol. The van der Waals surface area contributed by atoms with E-state index in [1.54, 1.807) is 28.6 Å². The van der Waals surface area contributed by atoms with Crippen molar-refractivity contribution < 1.29 is 19.5 Å². The first kappa shape index (κ1) is 27.0. The second kappa shape index (κ2) is 10.2. The number of unbranched alkanes of at least 4 members (excludes halogenated alkanes) is 3. The summed E-state index contributed by atoms with van der Waals surface area (Å²) in [4.78, 5) is 47.9. The molecule has 0 bridgehead atoms. The van der Waals surface area contributed by atoms with Crippen LogP contribution in [0.15, 0.2) is 42.5 Å². The number of hydrogen-bond acceptors (Lipinski definition) is 5. The van der Waals surface area contributed by atoms with Gasteiger partial charge in [-0.3, -0.25) is 14.4 Å². The summed E-state index contributed by atoms with van der Waals surface area (Å²) in [5, 5.41) is 9.16. The summed E-state index contributed by atoms with van der Waals surface area (Å²) in [5.74, 6) is -1.32. The van der Waals surface area contributed by atoms with Crippen LogP contribution in [0.25, 0.3) is 0 Å². The van der Waals surface area contributed by atoms with E-state index < -0.39 is 27.4 Å². The van der Waals surface area contributed by atoms with Crippen LogP contribution in [-0.2, 0) is 14.4 Å². The van der Waals surface area contributed by atoms with Crippen molar-refractivity contribution in [2.75, 3.05) is 38.2 Å². The maximum Gasteiger partial charge on any atom is 0.251 e. The zero-order valence-corrected chi connectivity index (χ0v) is 23.7. The molecule has 8 heteroatoms. The minimum Gasteiger partial charge on any atom is -0.396 e. The summed E-state index contributed by atoms with van der Waals surface area (Å²) in [5.41, 5.74) is 2.96. The Hall–Kier alpha value is -2.58. The summed E-state index contributed by atoms with van der Waals surface area (Å²) in [6.45, 7) is 7.66. The molecular formula is C30H39N3O4S. The molecule has 2 fully saturated rings. The predicted octanol–water partition coefficient (Wildman–Crippen LogP) is 3.47. The molecule has 1 N–H and O–H groups in total. The molecule has 38 heavy (non-hydrogen) atoms. The standard InChI is InChI=1S/C30H39N3O4S/c1-20-11-12-21(2)22(19-20)32-17-10-14-30-24(23-26(35)31(4)15-9-13-29(23,3)38-30)27(36)33(25(30)28(32)37)16-7-5-6-8-18-34/h9-14,19,23-25,34H,5-8,15-18H2,1-4H3/t23-,24+,25?,29+,30+/m1/s1. The van der Waals surface area contributed by atoms with E-state index in [0.29, 0.717) is 19.6 Å². The number of carbonyl (C=O) groups excluding carboxylic acids is 3. The molecule has 1 aromatic carbocycles. The molecule has 4 heterocycles. The number of carbonyl (C=O) groups is 3. The normalized spacial score (nSPS) is 32.4.